The number of hydrogen-bond acceptors (Lipinski definition) is 6. The predicted molar refractivity (Wildman–Crippen MR) is 69.1 cm³/mol. The van der Waals surface area contributed by atoms with Gasteiger partial charge >= 0.3 is 0 Å². The number of anilines is 1. The van der Waals surface area contributed by atoms with E-state index in [1.54, 1.807) is 13.2 Å². The molecule has 18 heavy (non-hydrogen) atoms. The van der Waals surface area contributed by atoms with E-state index in [4.69, 9.17) is 10.6 Å². The lowest BCUT2D eigenvalue weighted by atomic mass is 10.1. The number of rotatable bonds is 7. The summed E-state index contributed by atoms with van der Waals surface area (Å²) < 4.78 is 4.98. The number of likely N-dealkylation sites (N-methyl/N-ethyl adjacent to an activating group) is 1. The van der Waals surface area contributed by atoms with Gasteiger partial charge in [-0.1, -0.05) is 0 Å². The van der Waals surface area contributed by atoms with Crippen molar-refractivity contribution >= 4 is 11.4 Å². The van der Waals surface area contributed by atoms with Crippen LogP contribution in [0.5, 0.6) is 0 Å². The minimum atomic E-state index is -0.418. The van der Waals surface area contributed by atoms with Crippen molar-refractivity contribution in [3.8, 4) is 0 Å². The molecule has 1 rings (SSSR count). The van der Waals surface area contributed by atoms with Crippen molar-refractivity contribution in [1.82, 2.24) is 4.90 Å². The van der Waals surface area contributed by atoms with Crippen LogP contribution in [0.3, 0.4) is 0 Å². The van der Waals surface area contributed by atoms with Crippen molar-refractivity contribution in [2.24, 2.45) is 5.84 Å². The number of non-ortho nitro benzene ring substituents is 1. The van der Waals surface area contributed by atoms with Crippen molar-refractivity contribution in [3.05, 3.63) is 33.9 Å². The summed E-state index contributed by atoms with van der Waals surface area (Å²) in [6, 6.07) is 4.56. The summed E-state index contributed by atoms with van der Waals surface area (Å²) in [5.41, 5.74) is 4.07. The van der Waals surface area contributed by atoms with E-state index in [0.717, 1.165) is 12.1 Å². The fraction of sp³-hybridized carbons (Fsp3) is 0.455. The molecule has 0 aliphatic carbocycles. The maximum atomic E-state index is 10.7. The lowest BCUT2D eigenvalue weighted by Gasteiger charge is -2.18. The van der Waals surface area contributed by atoms with E-state index in [0.29, 0.717) is 18.8 Å². The summed E-state index contributed by atoms with van der Waals surface area (Å²) in [5.74, 6) is 5.39. The van der Waals surface area contributed by atoms with Gasteiger partial charge in [-0.3, -0.25) is 20.9 Å². The van der Waals surface area contributed by atoms with Gasteiger partial charge in [-0.15, -0.1) is 0 Å². The highest BCUT2D eigenvalue weighted by molar-refractivity contribution is 5.55. The fourth-order valence-electron chi connectivity index (χ4n) is 1.58. The molecule has 0 aliphatic heterocycles. The summed E-state index contributed by atoms with van der Waals surface area (Å²) in [4.78, 5) is 12.3. The molecule has 0 aliphatic rings. The minimum Gasteiger partial charge on any atom is -0.383 e. The maximum absolute atomic E-state index is 10.7. The van der Waals surface area contributed by atoms with Crippen molar-refractivity contribution in [2.45, 2.75) is 6.54 Å². The third-order valence-electron chi connectivity index (χ3n) is 2.57. The quantitative estimate of drug-likeness (QED) is 0.427. The Morgan fingerprint density at radius 3 is 2.83 bits per heavy atom. The van der Waals surface area contributed by atoms with E-state index in [2.05, 4.69) is 5.43 Å². The summed E-state index contributed by atoms with van der Waals surface area (Å²) >= 11 is 0. The molecule has 100 valence electrons. The van der Waals surface area contributed by atoms with Gasteiger partial charge in [0.1, 0.15) is 0 Å². The number of benzene rings is 1. The molecule has 1 aromatic rings. The number of nitrogens with one attached hydrogen (secondary N) is 1. The average Bonchev–Trinajstić information content (AvgIpc) is 2.36. The molecule has 0 unspecified atom stereocenters. The number of hydrazine groups is 1. The second-order valence-corrected chi connectivity index (χ2v) is 3.97. The molecule has 7 heteroatoms. The Kier molecular flexibility index (Phi) is 5.50. The summed E-state index contributed by atoms with van der Waals surface area (Å²) in [6.07, 6.45) is 0. The van der Waals surface area contributed by atoms with Gasteiger partial charge in [-0.05, 0) is 18.7 Å². The molecule has 0 amide bonds. The van der Waals surface area contributed by atoms with Crippen LogP contribution in [0.15, 0.2) is 18.2 Å². The first-order valence-corrected chi connectivity index (χ1v) is 5.50. The SMILES string of the molecule is COCCN(C)Cc1cc([N+](=O)[O-])ccc1NN. The minimum absolute atomic E-state index is 0.0594. The maximum Gasteiger partial charge on any atom is 0.269 e. The van der Waals surface area contributed by atoms with Crippen LogP contribution in [0.2, 0.25) is 0 Å². The van der Waals surface area contributed by atoms with Crippen molar-refractivity contribution in [2.75, 3.05) is 32.7 Å². The second kappa shape index (κ2) is 6.90. The van der Waals surface area contributed by atoms with Crippen LogP contribution in [-0.2, 0) is 11.3 Å². The zero-order valence-corrected chi connectivity index (χ0v) is 10.5. The number of ether oxygens (including phenoxy) is 1. The molecule has 3 N–H and O–H groups in total. The Morgan fingerprint density at radius 2 is 2.28 bits per heavy atom. The molecular weight excluding hydrogens is 236 g/mol. The Hall–Kier alpha value is -1.70. The summed E-state index contributed by atoms with van der Waals surface area (Å²) in [5, 5.41) is 10.7. The first kappa shape index (κ1) is 14.4. The summed E-state index contributed by atoms with van der Waals surface area (Å²) in [7, 11) is 3.55. The molecule has 0 aromatic heterocycles. The van der Waals surface area contributed by atoms with E-state index in [9.17, 15) is 10.1 Å². The van der Waals surface area contributed by atoms with Crippen LogP contribution in [0.4, 0.5) is 11.4 Å². The average molecular weight is 254 g/mol. The molecule has 0 saturated carbocycles. The molecular formula is C11H18N4O3. The topological polar surface area (TPSA) is 93.7 Å². The number of nitrogens with two attached hydrogens (primary N) is 1. The van der Waals surface area contributed by atoms with E-state index >= 15 is 0 Å². The van der Waals surface area contributed by atoms with Crippen molar-refractivity contribution < 1.29 is 9.66 Å². The zero-order chi connectivity index (χ0) is 13.5. The monoisotopic (exact) mass is 254 g/mol. The Balaban J connectivity index is 2.84. The highest BCUT2D eigenvalue weighted by Gasteiger charge is 2.11. The van der Waals surface area contributed by atoms with Crippen molar-refractivity contribution in [3.63, 3.8) is 0 Å². The number of nitro benzene ring substituents is 1. The van der Waals surface area contributed by atoms with E-state index in [1.807, 2.05) is 11.9 Å². The van der Waals surface area contributed by atoms with Crippen LogP contribution in [0.25, 0.3) is 0 Å². The van der Waals surface area contributed by atoms with E-state index in [-0.39, 0.29) is 5.69 Å². The lowest BCUT2D eigenvalue weighted by molar-refractivity contribution is -0.384. The fourth-order valence-corrected chi connectivity index (χ4v) is 1.58. The number of hydrogen-bond donors (Lipinski definition) is 2. The van der Waals surface area contributed by atoms with Crippen molar-refractivity contribution in [1.29, 1.82) is 0 Å². The molecule has 0 saturated heterocycles. The molecule has 0 heterocycles. The molecule has 7 nitrogen and oxygen atoms in total. The molecule has 0 fully saturated rings. The van der Waals surface area contributed by atoms with Gasteiger partial charge in [0.05, 0.1) is 17.2 Å². The van der Waals surface area contributed by atoms with Crippen LogP contribution in [-0.4, -0.2) is 37.1 Å². The number of methoxy groups -OCH3 is 1. The third kappa shape index (κ3) is 3.95. The summed E-state index contributed by atoms with van der Waals surface area (Å²) in [6.45, 7) is 1.91. The number of nitrogen functional groups attached to an aromatic ring is 1. The number of nitro groups is 1. The largest absolute Gasteiger partial charge is 0.383 e. The second-order valence-electron chi connectivity index (χ2n) is 3.97. The Labute approximate surface area is 106 Å². The van der Waals surface area contributed by atoms with Gasteiger partial charge in [-0.2, -0.15) is 0 Å². The lowest BCUT2D eigenvalue weighted by Crippen LogP contribution is -2.23. The van der Waals surface area contributed by atoms with Crippen LogP contribution >= 0.6 is 0 Å². The first-order valence-electron chi connectivity index (χ1n) is 5.50. The molecule has 0 atom stereocenters. The van der Waals surface area contributed by atoms with Crippen LogP contribution in [0.1, 0.15) is 5.56 Å². The van der Waals surface area contributed by atoms with E-state index < -0.39 is 4.92 Å². The Morgan fingerprint density at radius 1 is 1.56 bits per heavy atom. The van der Waals surface area contributed by atoms with Gasteiger partial charge < -0.3 is 10.2 Å². The van der Waals surface area contributed by atoms with E-state index in [1.165, 1.54) is 12.1 Å². The first-order chi connectivity index (χ1) is 8.58. The molecule has 1 aromatic carbocycles. The van der Waals surface area contributed by atoms with Gasteiger partial charge in [0.2, 0.25) is 0 Å². The number of nitrogens with zero attached hydrogens (tertiary/aromatic N) is 2. The van der Waals surface area contributed by atoms with Gasteiger partial charge in [-0.25, -0.2) is 0 Å². The third-order valence-corrected chi connectivity index (χ3v) is 2.57. The highest BCUT2D eigenvalue weighted by Crippen LogP contribution is 2.22. The van der Waals surface area contributed by atoms with Gasteiger partial charge in [0.25, 0.3) is 5.69 Å². The normalized spacial score (nSPS) is 10.7. The predicted octanol–water partition coefficient (Wildman–Crippen LogP) is 0.959. The zero-order valence-electron chi connectivity index (χ0n) is 10.5. The molecule has 0 bridgehead atoms. The van der Waals surface area contributed by atoms with Gasteiger partial charge in [0.15, 0.2) is 0 Å². The van der Waals surface area contributed by atoms with Crippen LogP contribution in [0, 0.1) is 10.1 Å². The standard InChI is InChI=1S/C11H18N4O3/c1-14(5-6-18-2)8-9-7-10(15(16)17)3-4-11(9)13-12/h3-4,7,13H,5-6,8,12H2,1-2H3. The molecule has 0 spiro atoms. The smallest absolute Gasteiger partial charge is 0.269 e. The van der Waals surface area contributed by atoms with Gasteiger partial charge in [0, 0.05) is 32.3 Å². The Bertz CT molecular complexity index is 411. The molecule has 0 radical (unpaired) electrons. The highest BCUT2D eigenvalue weighted by atomic mass is 16.6. The van der Waals surface area contributed by atoms with Crippen LogP contribution < -0.4 is 11.3 Å².